The molecular weight excluding hydrogens is 361 g/mol. The monoisotopic (exact) mass is 381 g/mol. The second kappa shape index (κ2) is 6.50. The van der Waals surface area contributed by atoms with Crippen LogP contribution in [0, 0.1) is 12.7 Å². The first-order valence-corrected chi connectivity index (χ1v) is 10.3. The Balaban J connectivity index is 1.94. The molecule has 0 aromatic heterocycles. The molecule has 0 bridgehead atoms. The molecule has 0 amide bonds. The lowest BCUT2D eigenvalue weighted by atomic mass is 9.96. The zero-order valence-electron chi connectivity index (χ0n) is 15.1. The summed E-state index contributed by atoms with van der Waals surface area (Å²) in [6, 6.07) is 13.5. The van der Waals surface area contributed by atoms with Gasteiger partial charge in [-0.2, -0.15) is 0 Å². The molecule has 3 aromatic rings. The van der Waals surface area contributed by atoms with Crippen LogP contribution in [0.5, 0.6) is 0 Å². The second-order valence-electron chi connectivity index (χ2n) is 6.86. The van der Waals surface area contributed by atoms with Crippen LogP contribution in [0.15, 0.2) is 66.1 Å². The van der Waals surface area contributed by atoms with E-state index in [1.807, 2.05) is 13.0 Å². The normalized spacial score (nSPS) is 13.8. The molecule has 0 spiro atoms. The first kappa shape index (κ1) is 17.7. The van der Waals surface area contributed by atoms with Gasteiger partial charge in [-0.1, -0.05) is 29.8 Å². The molecule has 3 aromatic carbocycles. The lowest BCUT2D eigenvalue weighted by molar-refractivity contribution is 0.592. The Hall–Kier alpha value is -2.66. The Morgan fingerprint density at radius 1 is 1.15 bits per heavy atom. The maximum atomic E-state index is 13.9. The Bertz CT molecular complexity index is 1150. The largest absolute Gasteiger partial charge is 0.265 e. The molecule has 0 fully saturated rings. The molecule has 0 saturated carbocycles. The fourth-order valence-electron chi connectivity index (χ4n) is 3.76. The van der Waals surface area contributed by atoms with Gasteiger partial charge in [0, 0.05) is 6.54 Å². The maximum Gasteiger partial charge on any atom is 0.264 e. The highest BCUT2D eigenvalue weighted by atomic mass is 32.2. The van der Waals surface area contributed by atoms with Gasteiger partial charge in [-0.3, -0.25) is 4.31 Å². The van der Waals surface area contributed by atoms with E-state index in [1.54, 1.807) is 36.4 Å². The van der Waals surface area contributed by atoms with Crippen molar-refractivity contribution in [2.45, 2.75) is 24.7 Å². The molecule has 0 N–H and O–H groups in total. The van der Waals surface area contributed by atoms with Crippen LogP contribution in [0.2, 0.25) is 0 Å². The summed E-state index contributed by atoms with van der Waals surface area (Å²) >= 11 is 0. The van der Waals surface area contributed by atoms with E-state index in [0.29, 0.717) is 25.1 Å². The maximum absolute atomic E-state index is 13.9. The summed E-state index contributed by atoms with van der Waals surface area (Å²) in [6.07, 6.45) is 2.84. The van der Waals surface area contributed by atoms with Gasteiger partial charge < -0.3 is 0 Å². The first-order chi connectivity index (χ1) is 12.9. The van der Waals surface area contributed by atoms with Gasteiger partial charge in [0.2, 0.25) is 0 Å². The molecule has 1 aliphatic rings. The van der Waals surface area contributed by atoms with Crippen LogP contribution in [0.25, 0.3) is 10.8 Å². The van der Waals surface area contributed by atoms with Gasteiger partial charge >= 0.3 is 0 Å². The quantitative estimate of drug-likeness (QED) is 0.611. The molecule has 0 atom stereocenters. The van der Waals surface area contributed by atoms with E-state index in [-0.39, 0.29) is 10.7 Å². The number of sulfonamides is 1. The van der Waals surface area contributed by atoms with Gasteiger partial charge in [0.05, 0.1) is 10.6 Å². The fourth-order valence-corrected chi connectivity index (χ4v) is 5.29. The summed E-state index contributed by atoms with van der Waals surface area (Å²) in [6.45, 7) is 6.11. The van der Waals surface area contributed by atoms with Crippen LogP contribution >= 0.6 is 0 Å². The molecule has 0 aliphatic carbocycles. The predicted molar refractivity (Wildman–Crippen MR) is 107 cm³/mol. The van der Waals surface area contributed by atoms with Crippen LogP contribution < -0.4 is 4.31 Å². The number of hydrogen-bond acceptors (Lipinski definition) is 2. The fraction of sp³-hybridized carbons (Fsp3) is 0.182. The summed E-state index contributed by atoms with van der Waals surface area (Å²) < 4.78 is 41.9. The summed E-state index contributed by atoms with van der Waals surface area (Å²) in [5, 5.41) is 1.65. The van der Waals surface area contributed by atoms with Crippen molar-refractivity contribution in [2.75, 3.05) is 10.8 Å². The highest BCUT2D eigenvalue weighted by Crippen LogP contribution is 2.40. The van der Waals surface area contributed by atoms with Gasteiger partial charge in [-0.05, 0) is 72.0 Å². The number of benzene rings is 3. The van der Waals surface area contributed by atoms with E-state index in [1.165, 1.54) is 16.4 Å². The second-order valence-corrected chi connectivity index (χ2v) is 8.72. The van der Waals surface area contributed by atoms with Gasteiger partial charge in [0.1, 0.15) is 5.82 Å². The SMILES string of the molecule is C=CCc1c2c(cc3ccc(F)cc13)CCN2S(=O)(=O)c1ccc(C)cc1. The third-order valence-electron chi connectivity index (χ3n) is 5.05. The minimum Gasteiger partial charge on any atom is -0.265 e. The average molecular weight is 381 g/mol. The molecule has 0 saturated heterocycles. The van der Waals surface area contributed by atoms with Crippen molar-refractivity contribution in [3.05, 3.63) is 83.7 Å². The molecule has 0 radical (unpaired) electrons. The smallest absolute Gasteiger partial charge is 0.264 e. The highest BCUT2D eigenvalue weighted by Gasteiger charge is 2.33. The van der Waals surface area contributed by atoms with E-state index in [2.05, 4.69) is 6.58 Å². The molecule has 3 nitrogen and oxygen atoms in total. The van der Waals surface area contributed by atoms with E-state index < -0.39 is 10.0 Å². The summed E-state index contributed by atoms with van der Waals surface area (Å²) in [5.74, 6) is -0.335. The Morgan fingerprint density at radius 2 is 1.89 bits per heavy atom. The zero-order valence-corrected chi connectivity index (χ0v) is 15.9. The molecule has 1 heterocycles. The average Bonchev–Trinajstić information content (AvgIpc) is 3.07. The lowest BCUT2D eigenvalue weighted by Crippen LogP contribution is -2.29. The summed E-state index contributed by atoms with van der Waals surface area (Å²) in [7, 11) is -3.68. The third kappa shape index (κ3) is 2.92. The number of nitrogens with zero attached hydrogens (tertiary/aromatic N) is 1. The summed E-state index contributed by atoms with van der Waals surface area (Å²) in [5.41, 5.74) is 3.46. The number of fused-ring (bicyclic) bond motifs is 2. The molecule has 4 rings (SSSR count). The van der Waals surface area contributed by atoms with Crippen LogP contribution in [-0.2, 0) is 22.9 Å². The molecule has 0 unspecified atom stereocenters. The first-order valence-electron chi connectivity index (χ1n) is 8.86. The number of halogens is 1. The van der Waals surface area contributed by atoms with Crippen LogP contribution in [0.1, 0.15) is 16.7 Å². The van der Waals surface area contributed by atoms with Crippen LogP contribution in [0.3, 0.4) is 0 Å². The number of aryl methyl sites for hydroxylation is 1. The lowest BCUT2D eigenvalue weighted by Gasteiger charge is -2.23. The van der Waals surface area contributed by atoms with Gasteiger partial charge in [-0.15, -0.1) is 6.58 Å². The minimum atomic E-state index is -3.68. The van der Waals surface area contributed by atoms with Crippen molar-refractivity contribution in [3.8, 4) is 0 Å². The molecule has 138 valence electrons. The number of hydrogen-bond donors (Lipinski definition) is 0. The van der Waals surface area contributed by atoms with Crippen molar-refractivity contribution < 1.29 is 12.8 Å². The number of allylic oxidation sites excluding steroid dienone is 1. The van der Waals surface area contributed by atoms with Crippen LogP contribution in [0.4, 0.5) is 10.1 Å². The zero-order chi connectivity index (χ0) is 19.2. The molecule has 1 aliphatic heterocycles. The highest BCUT2D eigenvalue weighted by molar-refractivity contribution is 7.92. The van der Waals surface area contributed by atoms with E-state index in [0.717, 1.165) is 27.5 Å². The van der Waals surface area contributed by atoms with E-state index in [9.17, 15) is 12.8 Å². The molecule has 5 heteroatoms. The molecule has 27 heavy (non-hydrogen) atoms. The Morgan fingerprint density at radius 3 is 2.59 bits per heavy atom. The van der Waals surface area contributed by atoms with Crippen molar-refractivity contribution in [1.29, 1.82) is 0 Å². The topological polar surface area (TPSA) is 37.4 Å². The van der Waals surface area contributed by atoms with Crippen molar-refractivity contribution in [3.63, 3.8) is 0 Å². The third-order valence-corrected chi connectivity index (χ3v) is 6.86. The number of anilines is 1. The van der Waals surface area contributed by atoms with Gasteiger partial charge in [0.15, 0.2) is 0 Å². The van der Waals surface area contributed by atoms with Crippen molar-refractivity contribution >= 4 is 26.5 Å². The van der Waals surface area contributed by atoms with Gasteiger partial charge in [-0.25, -0.2) is 12.8 Å². The predicted octanol–water partition coefficient (Wildman–Crippen LogP) is 4.77. The van der Waals surface area contributed by atoms with Gasteiger partial charge in [0.25, 0.3) is 10.0 Å². The minimum absolute atomic E-state index is 0.268. The number of rotatable bonds is 4. The Kier molecular flexibility index (Phi) is 4.27. The Labute approximate surface area is 158 Å². The van der Waals surface area contributed by atoms with Crippen LogP contribution in [-0.4, -0.2) is 15.0 Å². The standard InChI is InChI=1S/C22H20FNO2S/c1-3-4-20-21-14-18(23)8-7-16(21)13-17-11-12-24(22(17)20)27(25,26)19-9-5-15(2)6-10-19/h3,5-10,13-14H,1,4,11-12H2,2H3. The van der Waals surface area contributed by atoms with E-state index >= 15 is 0 Å². The molecular formula is C22H20FNO2S. The van der Waals surface area contributed by atoms with Crippen molar-refractivity contribution in [1.82, 2.24) is 0 Å². The van der Waals surface area contributed by atoms with E-state index in [4.69, 9.17) is 0 Å². The summed E-state index contributed by atoms with van der Waals surface area (Å²) in [4.78, 5) is 0.268. The van der Waals surface area contributed by atoms with Crippen molar-refractivity contribution in [2.24, 2.45) is 0 Å².